The van der Waals surface area contributed by atoms with Gasteiger partial charge in [-0.25, -0.2) is 9.82 Å². The lowest BCUT2D eigenvalue weighted by molar-refractivity contribution is 0.628. The normalized spacial score (nSPS) is 11.1. The summed E-state index contributed by atoms with van der Waals surface area (Å²) in [7, 11) is 3.66. The molecule has 0 unspecified atom stereocenters. The molecular formula is C20H19FN8. The second-order valence-electron chi connectivity index (χ2n) is 6.47. The van der Waals surface area contributed by atoms with Crippen LogP contribution in [0.2, 0.25) is 0 Å². The minimum absolute atomic E-state index is 0.282. The Kier molecular flexibility index (Phi) is 5.02. The second kappa shape index (κ2) is 7.93. The Morgan fingerprint density at radius 3 is 2.55 bits per heavy atom. The maximum atomic E-state index is 13.1. The summed E-state index contributed by atoms with van der Waals surface area (Å²) in [6, 6.07) is 13.9. The molecule has 8 nitrogen and oxygen atoms in total. The number of benzene rings is 2. The number of rotatable bonds is 6. The lowest BCUT2D eigenvalue weighted by Crippen LogP contribution is -2.15. The fraction of sp³-hybridized carbons (Fsp3) is 0.100. The summed E-state index contributed by atoms with van der Waals surface area (Å²) in [5.74, 6) is 0.744. The molecule has 3 N–H and O–H groups in total. The van der Waals surface area contributed by atoms with Gasteiger partial charge in [0.05, 0.1) is 6.21 Å². The van der Waals surface area contributed by atoms with E-state index in [2.05, 4.69) is 35.8 Å². The van der Waals surface area contributed by atoms with Crippen molar-refractivity contribution >= 4 is 40.6 Å². The highest BCUT2D eigenvalue weighted by Crippen LogP contribution is 2.18. The highest BCUT2D eigenvalue weighted by atomic mass is 19.1. The van der Waals surface area contributed by atoms with E-state index in [0.29, 0.717) is 17.6 Å². The van der Waals surface area contributed by atoms with Gasteiger partial charge in [-0.05, 0) is 30.3 Å². The summed E-state index contributed by atoms with van der Waals surface area (Å²) in [5, 5.41) is 8.36. The zero-order chi connectivity index (χ0) is 20.2. The number of anilines is 4. The fourth-order valence-electron chi connectivity index (χ4n) is 2.69. The van der Waals surface area contributed by atoms with Crippen LogP contribution in [0, 0.1) is 5.82 Å². The lowest BCUT2D eigenvalue weighted by atomic mass is 10.2. The van der Waals surface area contributed by atoms with E-state index in [1.807, 2.05) is 44.6 Å². The molecule has 0 aliphatic heterocycles. The maximum Gasteiger partial charge on any atom is 0.250 e. The first-order valence-electron chi connectivity index (χ1n) is 8.90. The molecule has 0 saturated heterocycles. The molecule has 0 aliphatic carbocycles. The van der Waals surface area contributed by atoms with Gasteiger partial charge in [0.25, 0.3) is 0 Å². The van der Waals surface area contributed by atoms with Crippen molar-refractivity contribution in [1.82, 2.24) is 19.9 Å². The van der Waals surface area contributed by atoms with Crippen LogP contribution >= 0.6 is 0 Å². The topological polar surface area (TPSA) is 94.1 Å². The van der Waals surface area contributed by atoms with E-state index in [1.54, 1.807) is 23.2 Å². The van der Waals surface area contributed by atoms with Crippen LogP contribution in [0.4, 0.5) is 27.9 Å². The summed E-state index contributed by atoms with van der Waals surface area (Å²) >= 11 is 0. The molecule has 29 heavy (non-hydrogen) atoms. The molecular weight excluding hydrogens is 371 g/mol. The van der Waals surface area contributed by atoms with Crippen molar-refractivity contribution in [3.8, 4) is 0 Å². The molecule has 2 aromatic heterocycles. The Bertz CT molecular complexity index is 1150. The minimum atomic E-state index is -0.311. The number of fused-ring (bicyclic) bond motifs is 1. The monoisotopic (exact) mass is 390 g/mol. The molecule has 0 spiro atoms. The first-order valence-corrected chi connectivity index (χ1v) is 8.90. The van der Waals surface area contributed by atoms with E-state index in [0.717, 1.165) is 16.5 Å². The number of H-pyrrole nitrogens is 1. The quantitative estimate of drug-likeness (QED) is 0.343. The van der Waals surface area contributed by atoms with Crippen molar-refractivity contribution in [2.45, 2.75) is 0 Å². The smallest absolute Gasteiger partial charge is 0.250 e. The SMILES string of the molecule is CN(C)c1nc(N/N=C/c2c[nH]c3ccccc23)nc(Nc2ccc(F)cc2)n1. The first-order chi connectivity index (χ1) is 14.1. The third-order valence-electron chi connectivity index (χ3n) is 4.11. The lowest BCUT2D eigenvalue weighted by Gasteiger charge is -2.13. The van der Waals surface area contributed by atoms with Crippen LogP contribution in [0.1, 0.15) is 5.56 Å². The zero-order valence-electron chi connectivity index (χ0n) is 15.9. The zero-order valence-corrected chi connectivity index (χ0v) is 15.9. The van der Waals surface area contributed by atoms with Crippen LogP contribution < -0.4 is 15.6 Å². The summed E-state index contributed by atoms with van der Waals surface area (Å²) in [6.45, 7) is 0. The molecule has 0 atom stereocenters. The second-order valence-corrected chi connectivity index (χ2v) is 6.47. The van der Waals surface area contributed by atoms with Crippen molar-refractivity contribution < 1.29 is 4.39 Å². The molecule has 4 aromatic rings. The van der Waals surface area contributed by atoms with Gasteiger partial charge in [-0.1, -0.05) is 18.2 Å². The standard InChI is InChI=1S/C20H19FN8/c1-29(2)20-26-18(24-15-9-7-14(21)8-10-15)25-19(27-20)28-23-12-13-11-22-17-6-4-3-5-16(13)17/h3-12,22H,1-2H3,(H2,24,25,26,27,28)/b23-12+. The number of aromatic amines is 1. The van der Waals surface area contributed by atoms with Crippen LogP contribution in [0.25, 0.3) is 10.9 Å². The Morgan fingerprint density at radius 2 is 1.76 bits per heavy atom. The highest BCUT2D eigenvalue weighted by Gasteiger charge is 2.08. The van der Waals surface area contributed by atoms with Crippen molar-refractivity contribution in [3.05, 3.63) is 66.1 Å². The molecule has 2 heterocycles. The molecule has 0 amide bonds. The number of nitrogens with zero attached hydrogens (tertiary/aromatic N) is 5. The molecule has 0 bridgehead atoms. The maximum absolute atomic E-state index is 13.1. The van der Waals surface area contributed by atoms with Crippen LogP contribution in [-0.4, -0.2) is 40.2 Å². The van der Waals surface area contributed by atoms with E-state index in [-0.39, 0.29) is 11.8 Å². The molecule has 4 rings (SSSR count). The van der Waals surface area contributed by atoms with Crippen molar-refractivity contribution in [2.75, 3.05) is 29.7 Å². The van der Waals surface area contributed by atoms with Crippen molar-refractivity contribution in [1.29, 1.82) is 0 Å². The minimum Gasteiger partial charge on any atom is -0.361 e. The van der Waals surface area contributed by atoms with E-state index in [9.17, 15) is 4.39 Å². The molecule has 2 aromatic carbocycles. The van der Waals surface area contributed by atoms with Crippen LogP contribution in [0.3, 0.4) is 0 Å². The molecule has 0 aliphatic rings. The number of hydrogen-bond acceptors (Lipinski definition) is 7. The predicted molar refractivity (Wildman–Crippen MR) is 113 cm³/mol. The van der Waals surface area contributed by atoms with E-state index in [1.165, 1.54) is 12.1 Å². The fourth-order valence-corrected chi connectivity index (χ4v) is 2.69. The van der Waals surface area contributed by atoms with Gasteiger partial charge in [-0.15, -0.1) is 0 Å². The highest BCUT2D eigenvalue weighted by molar-refractivity contribution is 5.99. The predicted octanol–water partition coefficient (Wildman–Crippen LogP) is 3.75. The summed E-state index contributed by atoms with van der Waals surface area (Å²) < 4.78 is 13.1. The van der Waals surface area contributed by atoms with Crippen molar-refractivity contribution in [3.63, 3.8) is 0 Å². The van der Waals surface area contributed by atoms with Gasteiger partial charge in [0.1, 0.15) is 5.82 Å². The molecule has 0 fully saturated rings. The number of hydrazone groups is 1. The number of nitrogens with one attached hydrogen (secondary N) is 3. The molecule has 146 valence electrons. The van der Waals surface area contributed by atoms with Crippen molar-refractivity contribution in [2.24, 2.45) is 5.10 Å². The van der Waals surface area contributed by atoms with Crippen LogP contribution in [0.15, 0.2) is 59.8 Å². The summed E-state index contributed by atoms with van der Waals surface area (Å²) in [5.41, 5.74) is 5.49. The number of hydrogen-bond donors (Lipinski definition) is 3. The molecule has 9 heteroatoms. The largest absolute Gasteiger partial charge is 0.361 e. The van der Waals surface area contributed by atoms with Crippen LogP contribution in [-0.2, 0) is 0 Å². The van der Waals surface area contributed by atoms with Gasteiger partial charge in [0.2, 0.25) is 17.8 Å². The first kappa shape index (κ1) is 18.4. The van der Waals surface area contributed by atoms with Gasteiger partial charge in [0.15, 0.2) is 0 Å². The Balaban J connectivity index is 1.55. The van der Waals surface area contributed by atoms with Crippen LogP contribution in [0.5, 0.6) is 0 Å². The van der Waals surface area contributed by atoms with E-state index in [4.69, 9.17) is 0 Å². The Morgan fingerprint density at radius 1 is 1.00 bits per heavy atom. The third-order valence-corrected chi connectivity index (χ3v) is 4.11. The third kappa shape index (κ3) is 4.29. The van der Waals surface area contributed by atoms with E-state index < -0.39 is 0 Å². The molecule has 0 saturated carbocycles. The average Bonchev–Trinajstić information content (AvgIpc) is 3.13. The Hall–Kier alpha value is -4.01. The summed E-state index contributed by atoms with van der Waals surface area (Å²) in [4.78, 5) is 18.0. The van der Waals surface area contributed by atoms with Gasteiger partial charge >= 0.3 is 0 Å². The number of aromatic nitrogens is 4. The number of halogens is 1. The average molecular weight is 390 g/mol. The summed E-state index contributed by atoms with van der Waals surface area (Å²) in [6.07, 6.45) is 3.58. The number of para-hydroxylation sites is 1. The Labute approximate surface area is 166 Å². The van der Waals surface area contributed by atoms with Gasteiger partial charge in [-0.3, -0.25) is 0 Å². The van der Waals surface area contributed by atoms with Gasteiger partial charge in [-0.2, -0.15) is 20.1 Å². The van der Waals surface area contributed by atoms with Gasteiger partial charge in [0, 0.05) is 42.4 Å². The molecule has 0 radical (unpaired) electrons. The van der Waals surface area contributed by atoms with E-state index >= 15 is 0 Å². The van der Waals surface area contributed by atoms with Gasteiger partial charge < -0.3 is 15.2 Å².